The van der Waals surface area contributed by atoms with Gasteiger partial charge in [-0.25, -0.2) is 0 Å². The molecule has 0 aliphatic heterocycles. The molecule has 1 aliphatic rings. The number of carboxylic acid groups (broad SMARTS) is 1. The SMILES string of the molecule is O=C(O)CCCCCC1CCC1=O. The standard InChI is InChI=1S/C10H16O3/c11-9-7-6-8(9)4-2-1-3-5-10(12)13/h8H,1-7H2,(H,12,13). The number of Topliss-reactive ketones (excluding diaryl/α,β-unsaturated/α-hetero) is 1. The summed E-state index contributed by atoms with van der Waals surface area (Å²) in [6.07, 6.45) is 5.74. The Hall–Kier alpha value is -0.860. The summed E-state index contributed by atoms with van der Waals surface area (Å²) in [5.74, 6) is -0.0113. The number of ketones is 1. The minimum absolute atomic E-state index is 0.263. The Morgan fingerprint density at radius 3 is 2.62 bits per heavy atom. The average Bonchev–Trinajstić information content (AvgIpc) is 2.08. The third-order valence-electron chi connectivity index (χ3n) is 2.64. The lowest BCUT2D eigenvalue weighted by atomic mass is 9.80. The van der Waals surface area contributed by atoms with Gasteiger partial charge in [-0.15, -0.1) is 0 Å². The highest BCUT2D eigenvalue weighted by Gasteiger charge is 2.26. The quantitative estimate of drug-likeness (QED) is 0.642. The molecule has 13 heavy (non-hydrogen) atoms. The fraction of sp³-hybridized carbons (Fsp3) is 0.800. The highest BCUT2D eigenvalue weighted by atomic mass is 16.4. The van der Waals surface area contributed by atoms with E-state index < -0.39 is 5.97 Å². The van der Waals surface area contributed by atoms with Crippen molar-refractivity contribution in [3.05, 3.63) is 0 Å². The van der Waals surface area contributed by atoms with E-state index in [-0.39, 0.29) is 6.42 Å². The molecule has 0 bridgehead atoms. The first-order valence-corrected chi connectivity index (χ1v) is 4.94. The Bertz CT molecular complexity index is 198. The number of carbonyl (C=O) groups excluding carboxylic acids is 1. The molecule has 1 atom stereocenters. The Balaban J connectivity index is 1.89. The smallest absolute Gasteiger partial charge is 0.303 e. The van der Waals surface area contributed by atoms with Gasteiger partial charge in [-0.3, -0.25) is 9.59 Å². The van der Waals surface area contributed by atoms with E-state index in [2.05, 4.69) is 0 Å². The second-order valence-corrected chi connectivity index (χ2v) is 3.69. The maximum Gasteiger partial charge on any atom is 0.303 e. The van der Waals surface area contributed by atoms with Gasteiger partial charge < -0.3 is 5.11 Å². The number of aliphatic carboxylic acids is 1. The van der Waals surface area contributed by atoms with Crippen LogP contribution in [0, 0.1) is 5.92 Å². The number of hydrogen-bond donors (Lipinski definition) is 1. The number of carbonyl (C=O) groups is 2. The molecular formula is C10H16O3. The summed E-state index contributed by atoms with van der Waals surface area (Å²) < 4.78 is 0. The fourth-order valence-electron chi connectivity index (χ4n) is 1.62. The van der Waals surface area contributed by atoms with Crippen molar-refractivity contribution in [2.45, 2.75) is 44.9 Å². The first-order valence-electron chi connectivity index (χ1n) is 4.94. The average molecular weight is 184 g/mol. The summed E-state index contributed by atoms with van der Waals surface area (Å²) in [6.45, 7) is 0. The van der Waals surface area contributed by atoms with Crippen LogP contribution in [0.3, 0.4) is 0 Å². The maximum atomic E-state index is 10.9. The summed E-state index contributed by atoms with van der Waals surface area (Å²) >= 11 is 0. The van der Waals surface area contributed by atoms with Crippen molar-refractivity contribution < 1.29 is 14.7 Å². The zero-order valence-corrected chi connectivity index (χ0v) is 7.79. The number of rotatable bonds is 6. The second kappa shape index (κ2) is 5.00. The van der Waals surface area contributed by atoms with Crippen LogP contribution >= 0.6 is 0 Å². The van der Waals surface area contributed by atoms with Crippen LogP contribution in [-0.4, -0.2) is 16.9 Å². The predicted octanol–water partition coefficient (Wildman–Crippen LogP) is 2.00. The van der Waals surface area contributed by atoms with Crippen LogP contribution < -0.4 is 0 Å². The van der Waals surface area contributed by atoms with Gasteiger partial charge in [-0.2, -0.15) is 0 Å². The molecule has 0 radical (unpaired) electrons. The van der Waals surface area contributed by atoms with Crippen molar-refractivity contribution in [3.63, 3.8) is 0 Å². The summed E-state index contributed by atoms with van der Waals surface area (Å²) in [4.78, 5) is 21.1. The molecule has 0 heterocycles. The highest BCUT2D eigenvalue weighted by Crippen LogP contribution is 2.27. The van der Waals surface area contributed by atoms with Crippen molar-refractivity contribution in [2.24, 2.45) is 5.92 Å². The maximum absolute atomic E-state index is 10.9. The zero-order chi connectivity index (χ0) is 9.68. The molecule has 0 saturated heterocycles. The van der Waals surface area contributed by atoms with E-state index in [1.54, 1.807) is 0 Å². The number of unbranched alkanes of at least 4 members (excludes halogenated alkanes) is 2. The normalized spacial score (nSPS) is 21.2. The minimum Gasteiger partial charge on any atom is -0.481 e. The van der Waals surface area contributed by atoms with Crippen LogP contribution in [0.2, 0.25) is 0 Å². The summed E-state index contributed by atoms with van der Waals surface area (Å²) in [5.41, 5.74) is 0. The van der Waals surface area contributed by atoms with Gasteiger partial charge in [0.05, 0.1) is 0 Å². The lowest BCUT2D eigenvalue weighted by Gasteiger charge is -2.23. The van der Waals surface area contributed by atoms with Crippen LogP contribution in [0.15, 0.2) is 0 Å². The largest absolute Gasteiger partial charge is 0.481 e. The van der Waals surface area contributed by atoms with E-state index in [0.29, 0.717) is 11.7 Å². The molecule has 3 nitrogen and oxygen atoms in total. The summed E-state index contributed by atoms with van der Waals surface area (Å²) in [7, 11) is 0. The van der Waals surface area contributed by atoms with Gasteiger partial charge in [0.15, 0.2) is 0 Å². The van der Waals surface area contributed by atoms with Gasteiger partial charge >= 0.3 is 5.97 Å². The third-order valence-corrected chi connectivity index (χ3v) is 2.64. The molecule has 1 unspecified atom stereocenters. The molecule has 0 spiro atoms. The third kappa shape index (κ3) is 3.57. The monoisotopic (exact) mass is 184 g/mol. The molecule has 0 aromatic carbocycles. The molecule has 0 amide bonds. The van der Waals surface area contributed by atoms with Gasteiger partial charge in [0.1, 0.15) is 5.78 Å². The van der Waals surface area contributed by atoms with E-state index in [9.17, 15) is 9.59 Å². The second-order valence-electron chi connectivity index (χ2n) is 3.69. The molecule has 0 aromatic rings. The molecule has 1 N–H and O–H groups in total. The molecular weight excluding hydrogens is 168 g/mol. The van der Waals surface area contributed by atoms with E-state index in [4.69, 9.17) is 5.11 Å². The predicted molar refractivity (Wildman–Crippen MR) is 48.5 cm³/mol. The van der Waals surface area contributed by atoms with Gasteiger partial charge in [0.2, 0.25) is 0 Å². The first-order chi connectivity index (χ1) is 6.20. The van der Waals surface area contributed by atoms with Crippen molar-refractivity contribution >= 4 is 11.8 Å². The van der Waals surface area contributed by atoms with Crippen LogP contribution in [0.5, 0.6) is 0 Å². The molecule has 1 fully saturated rings. The van der Waals surface area contributed by atoms with Gasteiger partial charge in [0.25, 0.3) is 0 Å². The molecule has 3 heteroatoms. The van der Waals surface area contributed by atoms with E-state index >= 15 is 0 Å². The van der Waals surface area contributed by atoms with E-state index in [1.807, 2.05) is 0 Å². The van der Waals surface area contributed by atoms with E-state index in [1.165, 1.54) is 0 Å². The van der Waals surface area contributed by atoms with Crippen molar-refractivity contribution in [2.75, 3.05) is 0 Å². The van der Waals surface area contributed by atoms with Crippen LogP contribution in [-0.2, 0) is 9.59 Å². The zero-order valence-electron chi connectivity index (χ0n) is 7.79. The minimum atomic E-state index is -0.722. The highest BCUT2D eigenvalue weighted by molar-refractivity contribution is 5.86. The molecule has 1 rings (SSSR count). The first kappa shape index (κ1) is 10.2. The fourth-order valence-corrected chi connectivity index (χ4v) is 1.62. The Morgan fingerprint density at radius 1 is 1.38 bits per heavy atom. The molecule has 1 aliphatic carbocycles. The molecule has 0 aromatic heterocycles. The van der Waals surface area contributed by atoms with Gasteiger partial charge in [-0.1, -0.05) is 12.8 Å². The topological polar surface area (TPSA) is 54.4 Å². The molecule has 74 valence electrons. The Kier molecular flexibility index (Phi) is 3.93. The van der Waals surface area contributed by atoms with Gasteiger partial charge in [0, 0.05) is 18.8 Å². The van der Waals surface area contributed by atoms with Crippen LogP contribution in [0.4, 0.5) is 0 Å². The van der Waals surface area contributed by atoms with Crippen LogP contribution in [0.25, 0.3) is 0 Å². The Morgan fingerprint density at radius 2 is 2.15 bits per heavy atom. The number of carboxylic acids is 1. The summed E-state index contributed by atoms with van der Waals surface area (Å²) in [5, 5.41) is 8.37. The van der Waals surface area contributed by atoms with Crippen molar-refractivity contribution in [1.82, 2.24) is 0 Å². The lowest BCUT2D eigenvalue weighted by Crippen LogP contribution is -2.25. The number of hydrogen-bond acceptors (Lipinski definition) is 2. The molecule has 1 saturated carbocycles. The van der Waals surface area contributed by atoms with Crippen molar-refractivity contribution in [1.29, 1.82) is 0 Å². The lowest BCUT2D eigenvalue weighted by molar-refractivity contribution is -0.137. The van der Waals surface area contributed by atoms with E-state index in [0.717, 1.165) is 38.5 Å². The van der Waals surface area contributed by atoms with Crippen molar-refractivity contribution in [3.8, 4) is 0 Å². The van der Waals surface area contributed by atoms with Crippen LogP contribution in [0.1, 0.15) is 44.9 Å². The van der Waals surface area contributed by atoms with Gasteiger partial charge in [-0.05, 0) is 19.3 Å². The Labute approximate surface area is 78.1 Å². The summed E-state index contributed by atoms with van der Waals surface area (Å²) in [6, 6.07) is 0.